The summed E-state index contributed by atoms with van der Waals surface area (Å²) in [4.78, 5) is 35.5. The average molecular weight is 331 g/mol. The highest BCUT2D eigenvalue weighted by Crippen LogP contribution is 2.18. The largest absolute Gasteiger partial charge is 0.480 e. The molecule has 2 amide bonds. The SMILES string of the molecule is CC(=O)NCCN(C(=O)c1ccc(F)c(Cl)c1)C(C)C(=O)O. The molecule has 120 valence electrons. The Hall–Kier alpha value is -2.15. The number of rotatable bonds is 6. The standard InChI is InChI=1S/C14H16ClFN2O4/c1-8(14(21)22)18(6-5-17-9(2)19)13(20)10-3-4-12(16)11(15)7-10/h3-4,7-8H,5-6H2,1-2H3,(H,17,19)(H,21,22). The Kier molecular flexibility index (Phi) is 6.30. The molecule has 0 heterocycles. The maximum Gasteiger partial charge on any atom is 0.326 e. The van der Waals surface area contributed by atoms with E-state index in [1.807, 2.05) is 0 Å². The smallest absolute Gasteiger partial charge is 0.326 e. The lowest BCUT2D eigenvalue weighted by atomic mass is 10.1. The lowest BCUT2D eigenvalue weighted by Crippen LogP contribution is -2.46. The highest BCUT2D eigenvalue weighted by Gasteiger charge is 2.26. The van der Waals surface area contributed by atoms with Crippen molar-refractivity contribution < 1.29 is 23.9 Å². The molecule has 0 aliphatic heterocycles. The third kappa shape index (κ3) is 4.70. The predicted octanol–water partition coefficient (Wildman–Crippen LogP) is 1.53. The lowest BCUT2D eigenvalue weighted by Gasteiger charge is -2.26. The third-order valence-electron chi connectivity index (χ3n) is 2.98. The zero-order valence-electron chi connectivity index (χ0n) is 12.1. The summed E-state index contributed by atoms with van der Waals surface area (Å²) in [6, 6.07) is 2.29. The summed E-state index contributed by atoms with van der Waals surface area (Å²) < 4.78 is 13.1. The van der Waals surface area contributed by atoms with E-state index < -0.39 is 23.7 Å². The van der Waals surface area contributed by atoms with Gasteiger partial charge in [-0.25, -0.2) is 9.18 Å². The van der Waals surface area contributed by atoms with Crippen LogP contribution in [-0.4, -0.2) is 46.9 Å². The molecule has 0 bridgehead atoms. The highest BCUT2D eigenvalue weighted by atomic mass is 35.5. The molecule has 0 aliphatic rings. The molecule has 8 heteroatoms. The van der Waals surface area contributed by atoms with Crippen LogP contribution in [0.25, 0.3) is 0 Å². The summed E-state index contributed by atoms with van der Waals surface area (Å²) in [5.74, 6) is -2.76. The summed E-state index contributed by atoms with van der Waals surface area (Å²) in [6.07, 6.45) is 0. The van der Waals surface area contributed by atoms with Gasteiger partial charge in [-0.2, -0.15) is 0 Å². The molecule has 1 unspecified atom stereocenters. The molecule has 0 radical (unpaired) electrons. The van der Waals surface area contributed by atoms with Crippen LogP contribution in [0, 0.1) is 5.82 Å². The van der Waals surface area contributed by atoms with Gasteiger partial charge in [0.25, 0.3) is 5.91 Å². The van der Waals surface area contributed by atoms with Gasteiger partial charge in [-0.1, -0.05) is 11.6 Å². The van der Waals surface area contributed by atoms with Crippen molar-refractivity contribution in [2.75, 3.05) is 13.1 Å². The number of nitrogens with one attached hydrogen (secondary N) is 1. The van der Waals surface area contributed by atoms with E-state index in [1.165, 1.54) is 19.9 Å². The zero-order valence-corrected chi connectivity index (χ0v) is 12.9. The number of carbonyl (C=O) groups is 3. The van der Waals surface area contributed by atoms with E-state index in [9.17, 15) is 18.8 Å². The fraction of sp³-hybridized carbons (Fsp3) is 0.357. The Morgan fingerprint density at radius 1 is 1.41 bits per heavy atom. The van der Waals surface area contributed by atoms with Crippen LogP contribution in [0.4, 0.5) is 4.39 Å². The van der Waals surface area contributed by atoms with Crippen LogP contribution in [-0.2, 0) is 9.59 Å². The minimum Gasteiger partial charge on any atom is -0.480 e. The van der Waals surface area contributed by atoms with Crippen molar-refractivity contribution in [3.63, 3.8) is 0 Å². The first-order chi connectivity index (χ1) is 10.2. The lowest BCUT2D eigenvalue weighted by molar-refractivity contribution is -0.141. The van der Waals surface area contributed by atoms with Crippen molar-refractivity contribution in [1.29, 1.82) is 0 Å². The molecule has 0 fully saturated rings. The second-order valence-electron chi connectivity index (χ2n) is 4.62. The number of nitrogens with zero attached hydrogens (tertiary/aromatic N) is 1. The van der Waals surface area contributed by atoms with Gasteiger partial charge in [0.15, 0.2) is 0 Å². The topological polar surface area (TPSA) is 86.7 Å². The quantitative estimate of drug-likeness (QED) is 0.828. The Morgan fingerprint density at radius 2 is 2.05 bits per heavy atom. The number of aliphatic carboxylic acids is 1. The van der Waals surface area contributed by atoms with Gasteiger partial charge in [0.1, 0.15) is 11.9 Å². The van der Waals surface area contributed by atoms with Crippen LogP contribution in [0.3, 0.4) is 0 Å². The first-order valence-electron chi connectivity index (χ1n) is 6.47. The number of hydrogen-bond donors (Lipinski definition) is 2. The van der Waals surface area contributed by atoms with Crippen molar-refractivity contribution in [1.82, 2.24) is 10.2 Å². The molecule has 22 heavy (non-hydrogen) atoms. The number of carboxylic acids is 1. The molecule has 1 atom stereocenters. The van der Waals surface area contributed by atoms with E-state index >= 15 is 0 Å². The van der Waals surface area contributed by atoms with Crippen molar-refractivity contribution in [3.8, 4) is 0 Å². The molecule has 0 saturated carbocycles. The van der Waals surface area contributed by atoms with Crippen molar-refractivity contribution in [3.05, 3.63) is 34.6 Å². The van der Waals surface area contributed by atoms with E-state index in [0.29, 0.717) is 0 Å². The van der Waals surface area contributed by atoms with Crippen LogP contribution in [0.5, 0.6) is 0 Å². The van der Waals surface area contributed by atoms with Crippen LogP contribution >= 0.6 is 11.6 Å². The third-order valence-corrected chi connectivity index (χ3v) is 3.27. The number of benzene rings is 1. The van der Waals surface area contributed by atoms with E-state index in [4.69, 9.17) is 16.7 Å². The van der Waals surface area contributed by atoms with Crippen molar-refractivity contribution in [2.45, 2.75) is 19.9 Å². The fourth-order valence-corrected chi connectivity index (χ4v) is 1.93. The molecular weight excluding hydrogens is 315 g/mol. The normalized spacial score (nSPS) is 11.6. The van der Waals surface area contributed by atoms with Crippen LogP contribution in [0.2, 0.25) is 5.02 Å². The average Bonchev–Trinajstić information content (AvgIpc) is 2.44. The summed E-state index contributed by atoms with van der Waals surface area (Å²) in [6.45, 7) is 2.76. The van der Waals surface area contributed by atoms with Gasteiger partial charge < -0.3 is 15.3 Å². The predicted molar refractivity (Wildman–Crippen MR) is 78.2 cm³/mol. The Balaban J connectivity index is 2.97. The zero-order chi connectivity index (χ0) is 16.9. The molecule has 1 aromatic carbocycles. The maximum absolute atomic E-state index is 13.1. The second kappa shape index (κ2) is 7.74. The van der Waals surface area contributed by atoms with Gasteiger partial charge in [0.05, 0.1) is 5.02 Å². The number of carbonyl (C=O) groups excluding carboxylic acids is 2. The maximum atomic E-state index is 13.1. The molecule has 1 rings (SSSR count). The van der Waals surface area contributed by atoms with Crippen molar-refractivity contribution >= 4 is 29.4 Å². The summed E-state index contributed by atoms with van der Waals surface area (Å²) in [5.41, 5.74) is 0.0716. The summed E-state index contributed by atoms with van der Waals surface area (Å²) in [5, 5.41) is 11.3. The first kappa shape index (κ1) is 17.9. The van der Waals surface area contributed by atoms with Gasteiger partial charge in [-0.3, -0.25) is 9.59 Å². The molecule has 0 aromatic heterocycles. The Labute approximate surface area is 131 Å². The van der Waals surface area contributed by atoms with E-state index in [1.54, 1.807) is 0 Å². The molecule has 6 nitrogen and oxygen atoms in total. The summed E-state index contributed by atoms with van der Waals surface area (Å²) in [7, 11) is 0. The number of amides is 2. The molecular formula is C14H16ClFN2O4. The number of carboxylic acid groups (broad SMARTS) is 1. The minimum absolute atomic E-state index is 0.000869. The molecule has 0 saturated heterocycles. The Bertz CT molecular complexity index is 594. The van der Waals surface area contributed by atoms with Crippen molar-refractivity contribution in [2.24, 2.45) is 0 Å². The second-order valence-corrected chi connectivity index (χ2v) is 5.03. The number of halogens is 2. The molecule has 2 N–H and O–H groups in total. The minimum atomic E-state index is -1.19. The Morgan fingerprint density at radius 3 is 2.55 bits per heavy atom. The molecule has 0 aliphatic carbocycles. The molecule has 1 aromatic rings. The van der Waals surface area contributed by atoms with Gasteiger partial charge >= 0.3 is 5.97 Å². The molecule has 0 spiro atoms. The first-order valence-corrected chi connectivity index (χ1v) is 6.85. The monoisotopic (exact) mass is 330 g/mol. The van der Waals surface area contributed by atoms with Crippen LogP contribution in [0.1, 0.15) is 24.2 Å². The van der Waals surface area contributed by atoms with E-state index in [0.717, 1.165) is 17.0 Å². The summed E-state index contributed by atoms with van der Waals surface area (Å²) >= 11 is 5.63. The van der Waals surface area contributed by atoms with Gasteiger partial charge in [-0.15, -0.1) is 0 Å². The number of hydrogen-bond acceptors (Lipinski definition) is 3. The van der Waals surface area contributed by atoms with E-state index in [2.05, 4.69) is 5.32 Å². The van der Waals surface area contributed by atoms with E-state index in [-0.39, 0.29) is 29.6 Å². The van der Waals surface area contributed by atoms with Gasteiger partial charge in [-0.05, 0) is 25.1 Å². The van der Waals surface area contributed by atoms with Crippen LogP contribution in [0.15, 0.2) is 18.2 Å². The fourth-order valence-electron chi connectivity index (χ4n) is 1.75. The highest BCUT2D eigenvalue weighted by molar-refractivity contribution is 6.31. The van der Waals surface area contributed by atoms with Crippen LogP contribution < -0.4 is 5.32 Å². The van der Waals surface area contributed by atoms with Gasteiger partial charge in [0.2, 0.25) is 5.91 Å². The van der Waals surface area contributed by atoms with Gasteiger partial charge in [0, 0.05) is 25.6 Å².